The number of anilines is 1. The molecule has 11 heteroatoms. The number of hydrogen-bond acceptors (Lipinski definition) is 10. The second-order valence-corrected chi connectivity index (χ2v) is 11.4. The van der Waals surface area contributed by atoms with Crippen molar-refractivity contribution in [2.75, 3.05) is 71.6 Å². The Kier molecular flexibility index (Phi) is 9.30. The van der Waals surface area contributed by atoms with Crippen LogP contribution in [-0.4, -0.2) is 105 Å². The normalized spacial score (nSPS) is 18.2. The fourth-order valence-electron chi connectivity index (χ4n) is 6.33. The summed E-state index contributed by atoms with van der Waals surface area (Å²) in [7, 11) is 3.27. The average Bonchev–Trinajstić information content (AvgIpc) is 3.49. The summed E-state index contributed by atoms with van der Waals surface area (Å²) in [5.41, 5.74) is 2.09. The van der Waals surface area contributed by atoms with Gasteiger partial charge < -0.3 is 28.7 Å². The fraction of sp³-hybridized carbons (Fsp3) is 0.515. The molecule has 11 nitrogen and oxygen atoms in total. The van der Waals surface area contributed by atoms with E-state index in [1.54, 1.807) is 26.6 Å². The van der Waals surface area contributed by atoms with Crippen LogP contribution in [0.15, 0.2) is 35.6 Å². The smallest absolute Gasteiger partial charge is 0.256 e. The van der Waals surface area contributed by atoms with Crippen molar-refractivity contribution in [3.05, 3.63) is 36.2 Å². The van der Waals surface area contributed by atoms with E-state index in [0.29, 0.717) is 47.5 Å². The molecule has 0 radical (unpaired) electrons. The number of ether oxygens (including phenoxy) is 4. The maximum Gasteiger partial charge on any atom is 0.256 e. The van der Waals surface area contributed by atoms with Crippen molar-refractivity contribution < 1.29 is 23.7 Å². The number of hydrogen-bond donors (Lipinski definition) is 0. The summed E-state index contributed by atoms with van der Waals surface area (Å²) in [6.07, 6.45) is 8.62. The predicted octanol–water partition coefficient (Wildman–Crippen LogP) is 4.74. The third-order valence-electron chi connectivity index (χ3n) is 8.71. The number of piperazine rings is 1. The number of carbonyl (C=O) groups is 1. The Morgan fingerprint density at radius 2 is 1.66 bits per heavy atom. The van der Waals surface area contributed by atoms with Crippen LogP contribution in [0.2, 0.25) is 0 Å². The zero-order valence-electron chi connectivity index (χ0n) is 26.0. The van der Waals surface area contributed by atoms with Crippen LogP contribution >= 0.6 is 0 Å². The lowest BCUT2D eigenvalue weighted by molar-refractivity contribution is 0.0774. The van der Waals surface area contributed by atoms with Crippen LogP contribution in [0, 0.1) is 0 Å². The Balaban J connectivity index is 0.968. The average molecular weight is 603 g/mol. The van der Waals surface area contributed by atoms with Crippen molar-refractivity contribution in [1.29, 1.82) is 0 Å². The summed E-state index contributed by atoms with van der Waals surface area (Å²) >= 11 is 0. The lowest BCUT2D eigenvalue weighted by Crippen LogP contribution is -2.47. The number of carbonyl (C=O) groups excluding carboxylic acids is 1. The Morgan fingerprint density at radius 1 is 0.864 bits per heavy atom. The standard InChI is InChI=1S/C33H42N6O5/c1-4-43-30-19-26-24(17-28(30)41-2)32(36-22-35-26)38-14-12-37(13-15-38)10-6-5-7-16-44-31-20-27-25(18-29(31)42-3)33(40)39-11-8-9-23(39)21-34-27/h17-23H,4-16H2,1-3H3/t23-/m0/s1. The third kappa shape index (κ3) is 6.24. The number of benzene rings is 2. The first-order valence-corrected chi connectivity index (χ1v) is 15.7. The minimum absolute atomic E-state index is 0.0207. The van der Waals surface area contributed by atoms with E-state index in [0.717, 1.165) is 88.1 Å². The number of aromatic nitrogens is 2. The molecule has 0 spiro atoms. The quantitative estimate of drug-likeness (QED) is 0.272. The second kappa shape index (κ2) is 13.7. The molecule has 44 heavy (non-hydrogen) atoms. The molecule has 0 N–H and O–H groups in total. The third-order valence-corrected chi connectivity index (χ3v) is 8.71. The van der Waals surface area contributed by atoms with Gasteiger partial charge in [-0.1, -0.05) is 0 Å². The first-order chi connectivity index (χ1) is 21.6. The molecule has 6 rings (SSSR count). The van der Waals surface area contributed by atoms with Crippen molar-refractivity contribution in [2.45, 2.75) is 45.1 Å². The zero-order chi connectivity index (χ0) is 30.5. The number of amides is 1. The molecule has 2 fully saturated rings. The molecule has 0 aliphatic carbocycles. The van der Waals surface area contributed by atoms with Gasteiger partial charge in [-0.2, -0.15) is 0 Å². The Labute approximate surface area is 258 Å². The maximum absolute atomic E-state index is 13.1. The molecule has 1 aromatic heterocycles. The van der Waals surface area contributed by atoms with Gasteiger partial charge in [0.15, 0.2) is 23.0 Å². The molecule has 3 aromatic rings. The van der Waals surface area contributed by atoms with E-state index in [1.807, 2.05) is 36.2 Å². The summed E-state index contributed by atoms with van der Waals surface area (Å²) in [6.45, 7) is 8.73. The summed E-state index contributed by atoms with van der Waals surface area (Å²) < 4.78 is 23.0. The van der Waals surface area contributed by atoms with Crippen LogP contribution in [0.25, 0.3) is 10.9 Å². The van der Waals surface area contributed by atoms with Gasteiger partial charge in [0.2, 0.25) is 0 Å². The Hall–Kier alpha value is -4.12. The minimum Gasteiger partial charge on any atom is -0.493 e. The number of unbranched alkanes of at least 4 members (excludes halogenated alkanes) is 2. The van der Waals surface area contributed by atoms with Crippen molar-refractivity contribution in [3.8, 4) is 23.0 Å². The molecule has 0 saturated carbocycles. The molecule has 3 aliphatic rings. The van der Waals surface area contributed by atoms with E-state index in [9.17, 15) is 4.79 Å². The SMILES string of the molecule is CCOc1cc2ncnc(N3CCN(CCCCCOc4cc5c(cc4OC)C(=O)N4CCC[C@H]4C=N5)CC3)c2cc1OC. The van der Waals surface area contributed by atoms with Gasteiger partial charge in [0, 0.05) is 56.5 Å². The highest BCUT2D eigenvalue weighted by molar-refractivity contribution is 6.03. The molecule has 234 valence electrons. The van der Waals surface area contributed by atoms with E-state index in [-0.39, 0.29) is 11.9 Å². The highest BCUT2D eigenvalue weighted by Gasteiger charge is 2.32. The van der Waals surface area contributed by atoms with Crippen LogP contribution < -0.4 is 23.8 Å². The van der Waals surface area contributed by atoms with E-state index >= 15 is 0 Å². The molecule has 2 aromatic carbocycles. The van der Waals surface area contributed by atoms with Crippen LogP contribution in [0.1, 0.15) is 49.4 Å². The summed E-state index contributed by atoms with van der Waals surface area (Å²) in [6, 6.07) is 7.63. The summed E-state index contributed by atoms with van der Waals surface area (Å²) in [5.74, 6) is 3.57. The highest BCUT2D eigenvalue weighted by Crippen LogP contribution is 2.38. The highest BCUT2D eigenvalue weighted by atomic mass is 16.5. The van der Waals surface area contributed by atoms with Gasteiger partial charge in [-0.15, -0.1) is 0 Å². The first-order valence-electron chi connectivity index (χ1n) is 15.7. The lowest BCUT2D eigenvalue weighted by atomic mass is 10.1. The van der Waals surface area contributed by atoms with Gasteiger partial charge in [-0.25, -0.2) is 9.97 Å². The van der Waals surface area contributed by atoms with Gasteiger partial charge in [0.1, 0.15) is 12.1 Å². The number of fused-ring (bicyclic) bond motifs is 3. The lowest BCUT2D eigenvalue weighted by Gasteiger charge is -2.35. The Bertz CT molecular complexity index is 1510. The Morgan fingerprint density at radius 3 is 2.45 bits per heavy atom. The summed E-state index contributed by atoms with van der Waals surface area (Å²) in [5, 5.41) is 0.978. The van der Waals surface area contributed by atoms with Crippen LogP contribution in [0.4, 0.5) is 11.5 Å². The van der Waals surface area contributed by atoms with E-state index in [4.69, 9.17) is 18.9 Å². The van der Waals surface area contributed by atoms with Crippen LogP contribution in [-0.2, 0) is 0 Å². The number of nitrogens with zero attached hydrogens (tertiary/aromatic N) is 6. The maximum atomic E-state index is 13.1. The monoisotopic (exact) mass is 602 g/mol. The van der Waals surface area contributed by atoms with E-state index in [2.05, 4.69) is 24.8 Å². The van der Waals surface area contributed by atoms with Gasteiger partial charge in [-0.05, 0) is 57.7 Å². The molecule has 4 heterocycles. The molecular weight excluding hydrogens is 560 g/mol. The molecule has 1 amide bonds. The molecule has 0 unspecified atom stereocenters. The van der Waals surface area contributed by atoms with Gasteiger partial charge >= 0.3 is 0 Å². The number of aliphatic imine (C=N–C) groups is 1. The molecular formula is C33H42N6O5. The summed E-state index contributed by atoms with van der Waals surface area (Å²) in [4.78, 5) is 33.6. The molecule has 2 saturated heterocycles. The van der Waals surface area contributed by atoms with Crippen molar-refractivity contribution in [1.82, 2.24) is 19.8 Å². The van der Waals surface area contributed by atoms with Gasteiger partial charge in [0.25, 0.3) is 5.91 Å². The van der Waals surface area contributed by atoms with Crippen molar-refractivity contribution in [2.24, 2.45) is 4.99 Å². The predicted molar refractivity (Wildman–Crippen MR) is 170 cm³/mol. The zero-order valence-corrected chi connectivity index (χ0v) is 26.0. The molecule has 0 bridgehead atoms. The molecule has 1 atom stereocenters. The van der Waals surface area contributed by atoms with Crippen molar-refractivity contribution in [3.63, 3.8) is 0 Å². The van der Waals surface area contributed by atoms with Crippen molar-refractivity contribution >= 4 is 34.5 Å². The van der Waals surface area contributed by atoms with Crippen LogP contribution in [0.3, 0.4) is 0 Å². The van der Waals surface area contributed by atoms with E-state index in [1.165, 1.54) is 0 Å². The molecule has 3 aliphatic heterocycles. The van der Waals surface area contributed by atoms with Crippen LogP contribution in [0.5, 0.6) is 23.0 Å². The van der Waals surface area contributed by atoms with E-state index < -0.39 is 0 Å². The first kappa shape index (κ1) is 29.9. The topological polar surface area (TPSA) is 102 Å². The minimum atomic E-state index is 0.0207. The van der Waals surface area contributed by atoms with Gasteiger partial charge in [0.05, 0.1) is 50.2 Å². The largest absolute Gasteiger partial charge is 0.493 e. The number of methoxy groups -OCH3 is 2. The fourth-order valence-corrected chi connectivity index (χ4v) is 6.33. The number of rotatable bonds is 12. The second-order valence-electron chi connectivity index (χ2n) is 11.4. The van der Waals surface area contributed by atoms with Gasteiger partial charge in [-0.3, -0.25) is 14.7 Å².